The molecule has 0 aromatic heterocycles. The molecule has 0 radical (unpaired) electrons. The maximum absolute atomic E-state index is 13.9. The molecule has 2 heterocycles. The van der Waals surface area contributed by atoms with Crippen LogP contribution in [0.15, 0.2) is 12.1 Å². The Morgan fingerprint density at radius 2 is 2.05 bits per heavy atom. The average molecular weight is 280 g/mol. The zero-order valence-corrected chi connectivity index (χ0v) is 11.6. The third-order valence-corrected chi connectivity index (χ3v) is 4.49. The lowest BCUT2D eigenvalue weighted by Gasteiger charge is -2.28. The summed E-state index contributed by atoms with van der Waals surface area (Å²) in [6, 6.07) is 2.34. The van der Waals surface area contributed by atoms with E-state index >= 15 is 0 Å². The summed E-state index contributed by atoms with van der Waals surface area (Å²) in [6.07, 6.45) is 0.936. The number of halogens is 2. The van der Waals surface area contributed by atoms with Crippen molar-refractivity contribution in [3.8, 4) is 0 Å². The molecule has 3 rings (SSSR count). The number of hydrogen-bond acceptors (Lipinski definition) is 2. The second kappa shape index (κ2) is 4.81. The van der Waals surface area contributed by atoms with Gasteiger partial charge >= 0.3 is 0 Å². The number of carbonyl (C=O) groups excluding carboxylic acids is 1. The molecule has 0 spiro atoms. The van der Waals surface area contributed by atoms with Crippen molar-refractivity contribution >= 4 is 5.91 Å². The SMILES string of the molecule is Cc1cc(C(=O)N2C(C)CC3CNCC32)c(F)cc1F. The first kappa shape index (κ1) is 13.5. The summed E-state index contributed by atoms with van der Waals surface area (Å²) >= 11 is 0. The topological polar surface area (TPSA) is 32.3 Å². The molecule has 1 aromatic rings. The first-order valence-electron chi connectivity index (χ1n) is 6.98. The van der Waals surface area contributed by atoms with Gasteiger partial charge in [0.05, 0.1) is 5.56 Å². The van der Waals surface area contributed by atoms with E-state index < -0.39 is 11.6 Å². The molecule has 2 saturated heterocycles. The number of fused-ring (bicyclic) bond motifs is 1. The van der Waals surface area contributed by atoms with E-state index in [4.69, 9.17) is 0 Å². The Morgan fingerprint density at radius 3 is 2.80 bits per heavy atom. The largest absolute Gasteiger partial charge is 0.331 e. The van der Waals surface area contributed by atoms with Gasteiger partial charge in [-0.05, 0) is 37.8 Å². The number of nitrogens with zero attached hydrogens (tertiary/aromatic N) is 1. The molecule has 0 aliphatic carbocycles. The molecule has 3 atom stereocenters. The minimum absolute atomic E-state index is 0.0247. The molecular weight excluding hydrogens is 262 g/mol. The Morgan fingerprint density at radius 1 is 1.30 bits per heavy atom. The number of nitrogens with one attached hydrogen (secondary N) is 1. The normalized spacial score (nSPS) is 28.8. The molecule has 5 heteroatoms. The highest BCUT2D eigenvalue weighted by molar-refractivity contribution is 5.95. The second-order valence-electron chi connectivity index (χ2n) is 5.86. The molecule has 1 aromatic carbocycles. The van der Waals surface area contributed by atoms with Gasteiger partial charge in [-0.2, -0.15) is 0 Å². The van der Waals surface area contributed by atoms with Crippen LogP contribution in [0.1, 0.15) is 29.3 Å². The lowest BCUT2D eigenvalue weighted by Crippen LogP contribution is -2.43. The van der Waals surface area contributed by atoms with Crippen LogP contribution in [0.25, 0.3) is 0 Å². The Bertz CT molecular complexity index is 561. The number of aryl methyl sites for hydroxylation is 1. The summed E-state index contributed by atoms with van der Waals surface area (Å²) < 4.78 is 27.2. The fraction of sp³-hybridized carbons (Fsp3) is 0.533. The molecule has 108 valence electrons. The van der Waals surface area contributed by atoms with Gasteiger partial charge < -0.3 is 10.2 Å². The zero-order valence-electron chi connectivity index (χ0n) is 11.6. The van der Waals surface area contributed by atoms with Crippen molar-refractivity contribution in [2.24, 2.45) is 5.92 Å². The maximum Gasteiger partial charge on any atom is 0.257 e. The molecule has 20 heavy (non-hydrogen) atoms. The van der Waals surface area contributed by atoms with Gasteiger partial charge in [0.25, 0.3) is 5.91 Å². The van der Waals surface area contributed by atoms with Crippen LogP contribution in [0, 0.1) is 24.5 Å². The molecule has 3 unspecified atom stereocenters. The van der Waals surface area contributed by atoms with Crippen molar-refractivity contribution in [2.45, 2.75) is 32.4 Å². The van der Waals surface area contributed by atoms with Gasteiger partial charge in [-0.25, -0.2) is 8.78 Å². The van der Waals surface area contributed by atoms with E-state index in [1.807, 2.05) is 6.92 Å². The van der Waals surface area contributed by atoms with Crippen LogP contribution in [0.5, 0.6) is 0 Å². The van der Waals surface area contributed by atoms with E-state index in [0.29, 0.717) is 11.5 Å². The lowest BCUT2D eigenvalue weighted by atomic mass is 10.0. The van der Waals surface area contributed by atoms with Gasteiger partial charge in [-0.3, -0.25) is 4.79 Å². The molecule has 1 N–H and O–H groups in total. The van der Waals surface area contributed by atoms with Crippen LogP contribution in [0.2, 0.25) is 0 Å². The van der Waals surface area contributed by atoms with E-state index in [0.717, 1.165) is 25.6 Å². The van der Waals surface area contributed by atoms with E-state index in [9.17, 15) is 13.6 Å². The van der Waals surface area contributed by atoms with Gasteiger partial charge in [0.1, 0.15) is 11.6 Å². The summed E-state index contributed by atoms with van der Waals surface area (Å²) in [5.41, 5.74) is 0.269. The van der Waals surface area contributed by atoms with Crippen molar-refractivity contribution < 1.29 is 13.6 Å². The predicted octanol–water partition coefficient (Wildman–Crippen LogP) is 2.10. The fourth-order valence-electron chi connectivity index (χ4n) is 3.47. The number of hydrogen-bond donors (Lipinski definition) is 1. The molecular formula is C15H18F2N2O. The average Bonchev–Trinajstić information content (AvgIpc) is 2.92. The van der Waals surface area contributed by atoms with Crippen LogP contribution >= 0.6 is 0 Å². The van der Waals surface area contributed by atoms with E-state index in [1.54, 1.807) is 11.8 Å². The van der Waals surface area contributed by atoms with Crippen molar-refractivity contribution in [2.75, 3.05) is 13.1 Å². The van der Waals surface area contributed by atoms with E-state index in [-0.39, 0.29) is 23.6 Å². The highest BCUT2D eigenvalue weighted by Gasteiger charge is 2.44. The number of carbonyl (C=O) groups is 1. The van der Waals surface area contributed by atoms with Crippen LogP contribution in [0.4, 0.5) is 8.78 Å². The highest BCUT2D eigenvalue weighted by Crippen LogP contribution is 2.33. The van der Waals surface area contributed by atoms with Crippen LogP contribution in [0.3, 0.4) is 0 Å². The van der Waals surface area contributed by atoms with Gasteiger partial charge in [-0.1, -0.05) is 0 Å². The Kier molecular flexibility index (Phi) is 3.24. The Balaban J connectivity index is 1.94. The summed E-state index contributed by atoms with van der Waals surface area (Å²) in [5, 5.41) is 3.27. The van der Waals surface area contributed by atoms with Gasteiger partial charge in [0, 0.05) is 31.2 Å². The summed E-state index contributed by atoms with van der Waals surface area (Å²) in [4.78, 5) is 14.4. The molecule has 2 fully saturated rings. The summed E-state index contributed by atoms with van der Waals surface area (Å²) in [5.74, 6) is -1.28. The molecule has 0 bridgehead atoms. The van der Waals surface area contributed by atoms with E-state index in [2.05, 4.69) is 5.32 Å². The summed E-state index contributed by atoms with van der Waals surface area (Å²) in [6.45, 7) is 5.19. The predicted molar refractivity (Wildman–Crippen MR) is 71.5 cm³/mol. The van der Waals surface area contributed by atoms with Crippen LogP contribution in [-0.4, -0.2) is 36.0 Å². The minimum atomic E-state index is -0.778. The first-order chi connectivity index (χ1) is 9.49. The number of rotatable bonds is 1. The van der Waals surface area contributed by atoms with Gasteiger partial charge in [0.15, 0.2) is 0 Å². The van der Waals surface area contributed by atoms with Gasteiger partial charge in [-0.15, -0.1) is 0 Å². The first-order valence-corrected chi connectivity index (χ1v) is 6.98. The van der Waals surface area contributed by atoms with Crippen molar-refractivity contribution in [1.82, 2.24) is 10.2 Å². The van der Waals surface area contributed by atoms with Gasteiger partial charge in [0.2, 0.25) is 0 Å². The third-order valence-electron chi connectivity index (χ3n) is 4.49. The zero-order chi connectivity index (χ0) is 14.4. The molecule has 2 aliphatic heterocycles. The van der Waals surface area contributed by atoms with E-state index in [1.165, 1.54) is 6.07 Å². The number of benzene rings is 1. The lowest BCUT2D eigenvalue weighted by molar-refractivity contribution is 0.0677. The number of likely N-dealkylation sites (tertiary alicyclic amines) is 1. The Labute approximate surface area is 117 Å². The van der Waals surface area contributed by atoms with Crippen LogP contribution in [-0.2, 0) is 0 Å². The molecule has 2 aliphatic rings. The third kappa shape index (κ3) is 2.00. The molecule has 0 saturated carbocycles. The van der Waals surface area contributed by atoms with Crippen molar-refractivity contribution in [1.29, 1.82) is 0 Å². The Hall–Kier alpha value is -1.49. The molecule has 3 nitrogen and oxygen atoms in total. The van der Waals surface area contributed by atoms with Crippen molar-refractivity contribution in [3.63, 3.8) is 0 Å². The quantitative estimate of drug-likeness (QED) is 0.854. The minimum Gasteiger partial charge on any atom is -0.331 e. The fourth-order valence-corrected chi connectivity index (χ4v) is 3.47. The van der Waals surface area contributed by atoms with Crippen LogP contribution < -0.4 is 5.32 Å². The summed E-state index contributed by atoms with van der Waals surface area (Å²) in [7, 11) is 0. The number of amides is 1. The monoisotopic (exact) mass is 280 g/mol. The smallest absolute Gasteiger partial charge is 0.257 e. The highest BCUT2D eigenvalue weighted by atomic mass is 19.1. The molecule has 1 amide bonds. The second-order valence-corrected chi connectivity index (χ2v) is 5.86. The van der Waals surface area contributed by atoms with Crippen molar-refractivity contribution in [3.05, 3.63) is 34.9 Å². The maximum atomic E-state index is 13.9. The standard InChI is InChI=1S/C15H18F2N2O/c1-8-3-11(13(17)5-12(8)16)15(20)19-9(2)4-10-6-18-7-14(10)19/h3,5,9-10,14,18H,4,6-7H2,1-2H3.